The van der Waals surface area contributed by atoms with E-state index < -0.39 is 5.91 Å². The molecule has 0 unspecified atom stereocenters. The molecule has 6 heteroatoms. The van der Waals surface area contributed by atoms with E-state index in [-0.39, 0.29) is 12.4 Å². The summed E-state index contributed by atoms with van der Waals surface area (Å²) in [6.07, 6.45) is 0. The number of anilines is 1. The SMILES string of the molecule is CC(=O)c1ccccc1OCC(=O)Nc1c(Cl)ccc(C)c1Cl. The molecule has 120 valence electrons. The third-order valence-electron chi connectivity index (χ3n) is 3.17. The van der Waals surface area contributed by atoms with Crippen LogP contribution in [0.1, 0.15) is 22.8 Å². The summed E-state index contributed by atoms with van der Waals surface area (Å²) in [5.74, 6) is -0.194. The molecule has 2 rings (SSSR count). The standard InChI is InChI=1S/C17H15Cl2NO3/c1-10-7-8-13(18)17(16(10)19)20-15(22)9-23-14-6-4-3-5-12(14)11(2)21/h3-8H,9H2,1-2H3,(H,20,22). The summed E-state index contributed by atoms with van der Waals surface area (Å²) in [7, 11) is 0. The van der Waals surface area contributed by atoms with Gasteiger partial charge in [0.2, 0.25) is 0 Å². The Balaban J connectivity index is 2.07. The quantitative estimate of drug-likeness (QED) is 0.805. The van der Waals surface area contributed by atoms with Crippen LogP contribution in [-0.4, -0.2) is 18.3 Å². The summed E-state index contributed by atoms with van der Waals surface area (Å²) >= 11 is 12.2. The summed E-state index contributed by atoms with van der Waals surface area (Å²) in [5, 5.41) is 3.36. The predicted molar refractivity (Wildman–Crippen MR) is 91.8 cm³/mol. The highest BCUT2D eigenvalue weighted by atomic mass is 35.5. The van der Waals surface area contributed by atoms with Crippen molar-refractivity contribution in [2.45, 2.75) is 13.8 Å². The van der Waals surface area contributed by atoms with Crippen molar-refractivity contribution < 1.29 is 14.3 Å². The smallest absolute Gasteiger partial charge is 0.262 e. The van der Waals surface area contributed by atoms with Gasteiger partial charge in [0.25, 0.3) is 5.91 Å². The average molecular weight is 352 g/mol. The van der Waals surface area contributed by atoms with Crippen molar-refractivity contribution in [1.29, 1.82) is 0 Å². The Morgan fingerprint density at radius 3 is 2.52 bits per heavy atom. The van der Waals surface area contributed by atoms with Gasteiger partial charge in [0.15, 0.2) is 12.4 Å². The molecule has 0 saturated carbocycles. The van der Waals surface area contributed by atoms with E-state index in [4.69, 9.17) is 27.9 Å². The van der Waals surface area contributed by atoms with E-state index in [2.05, 4.69) is 5.32 Å². The van der Waals surface area contributed by atoms with Gasteiger partial charge in [-0.2, -0.15) is 0 Å². The molecular weight excluding hydrogens is 337 g/mol. The van der Waals surface area contributed by atoms with Gasteiger partial charge in [-0.05, 0) is 37.6 Å². The van der Waals surface area contributed by atoms with E-state index in [9.17, 15) is 9.59 Å². The Bertz CT molecular complexity index is 759. The number of ether oxygens (including phenoxy) is 1. The first-order valence-electron chi connectivity index (χ1n) is 6.87. The summed E-state index contributed by atoms with van der Waals surface area (Å²) in [5.41, 5.74) is 1.57. The molecule has 1 N–H and O–H groups in total. The van der Waals surface area contributed by atoms with Gasteiger partial charge in [-0.25, -0.2) is 0 Å². The lowest BCUT2D eigenvalue weighted by Crippen LogP contribution is -2.21. The molecule has 0 fully saturated rings. The number of amides is 1. The van der Waals surface area contributed by atoms with Crippen LogP contribution in [0.15, 0.2) is 36.4 Å². The normalized spacial score (nSPS) is 10.3. The highest BCUT2D eigenvalue weighted by Crippen LogP contribution is 2.32. The fourth-order valence-electron chi connectivity index (χ4n) is 1.97. The number of nitrogens with one attached hydrogen (secondary N) is 1. The van der Waals surface area contributed by atoms with E-state index in [0.717, 1.165) is 5.56 Å². The van der Waals surface area contributed by atoms with Gasteiger partial charge in [0.05, 0.1) is 21.3 Å². The molecule has 2 aromatic carbocycles. The Kier molecular flexibility index (Phi) is 5.64. The maximum absolute atomic E-state index is 12.0. The van der Waals surface area contributed by atoms with E-state index in [1.165, 1.54) is 6.92 Å². The minimum atomic E-state index is -0.419. The molecule has 23 heavy (non-hydrogen) atoms. The van der Waals surface area contributed by atoms with Crippen molar-refractivity contribution in [3.8, 4) is 5.75 Å². The van der Waals surface area contributed by atoms with Crippen molar-refractivity contribution >= 4 is 40.6 Å². The van der Waals surface area contributed by atoms with Crippen LogP contribution < -0.4 is 10.1 Å². The third kappa shape index (κ3) is 4.24. The molecule has 1 amide bonds. The van der Waals surface area contributed by atoms with Crippen molar-refractivity contribution in [2.75, 3.05) is 11.9 Å². The zero-order valence-electron chi connectivity index (χ0n) is 12.7. The number of ketones is 1. The molecule has 0 heterocycles. The Labute approximate surface area is 144 Å². The molecule has 0 saturated heterocycles. The van der Waals surface area contributed by atoms with Gasteiger partial charge >= 0.3 is 0 Å². The number of hydrogen-bond donors (Lipinski definition) is 1. The Hall–Kier alpha value is -2.04. The number of benzene rings is 2. The fourth-order valence-corrected chi connectivity index (χ4v) is 2.44. The fraction of sp³-hybridized carbons (Fsp3) is 0.176. The van der Waals surface area contributed by atoms with Gasteiger partial charge in [-0.1, -0.05) is 41.4 Å². The van der Waals surface area contributed by atoms with Crippen molar-refractivity contribution in [3.63, 3.8) is 0 Å². The van der Waals surface area contributed by atoms with Crippen molar-refractivity contribution in [2.24, 2.45) is 0 Å². The second-order valence-electron chi connectivity index (χ2n) is 4.94. The topological polar surface area (TPSA) is 55.4 Å². The average Bonchev–Trinajstić information content (AvgIpc) is 2.53. The number of Topliss-reactive ketones (excluding diaryl/α,β-unsaturated/α-hetero) is 1. The molecule has 2 aromatic rings. The number of carbonyl (C=O) groups is 2. The Morgan fingerprint density at radius 2 is 1.83 bits per heavy atom. The lowest BCUT2D eigenvalue weighted by molar-refractivity contribution is -0.118. The van der Waals surface area contributed by atoms with Gasteiger partial charge in [-0.3, -0.25) is 9.59 Å². The summed E-state index contributed by atoms with van der Waals surface area (Å²) in [6.45, 7) is 2.99. The van der Waals surface area contributed by atoms with Crippen LogP contribution >= 0.6 is 23.2 Å². The van der Waals surface area contributed by atoms with Crippen LogP contribution in [0.2, 0.25) is 10.0 Å². The van der Waals surface area contributed by atoms with Crippen LogP contribution in [0.25, 0.3) is 0 Å². The van der Waals surface area contributed by atoms with Crippen molar-refractivity contribution in [3.05, 3.63) is 57.6 Å². The highest BCUT2D eigenvalue weighted by Gasteiger charge is 2.13. The first-order valence-corrected chi connectivity index (χ1v) is 7.63. The molecule has 0 spiro atoms. The number of halogens is 2. The first-order chi connectivity index (χ1) is 10.9. The number of aryl methyl sites for hydroxylation is 1. The molecule has 0 aliphatic rings. The zero-order chi connectivity index (χ0) is 17.0. The summed E-state index contributed by atoms with van der Waals surface area (Å²) < 4.78 is 5.42. The van der Waals surface area contributed by atoms with Crippen LogP contribution in [0, 0.1) is 6.92 Å². The molecule has 0 aromatic heterocycles. The van der Waals surface area contributed by atoms with Gasteiger partial charge in [-0.15, -0.1) is 0 Å². The predicted octanol–water partition coefficient (Wildman–Crippen LogP) is 4.52. The van der Waals surface area contributed by atoms with E-state index in [1.54, 1.807) is 36.4 Å². The third-order valence-corrected chi connectivity index (χ3v) is 3.98. The molecule has 0 bridgehead atoms. The number of hydrogen-bond acceptors (Lipinski definition) is 3. The second-order valence-corrected chi connectivity index (χ2v) is 5.73. The van der Waals surface area contributed by atoms with E-state index in [0.29, 0.717) is 27.0 Å². The van der Waals surface area contributed by atoms with Crippen LogP contribution in [-0.2, 0) is 4.79 Å². The molecule has 0 aliphatic heterocycles. The van der Waals surface area contributed by atoms with Crippen LogP contribution in [0.3, 0.4) is 0 Å². The summed E-state index contributed by atoms with van der Waals surface area (Å²) in [4.78, 5) is 23.6. The van der Waals surface area contributed by atoms with Crippen molar-refractivity contribution in [1.82, 2.24) is 0 Å². The minimum Gasteiger partial charge on any atom is -0.483 e. The number of para-hydroxylation sites is 1. The zero-order valence-corrected chi connectivity index (χ0v) is 14.2. The first kappa shape index (κ1) is 17.3. The summed E-state index contributed by atoms with van der Waals surface area (Å²) in [6, 6.07) is 10.2. The van der Waals surface area contributed by atoms with Gasteiger partial charge in [0, 0.05) is 0 Å². The second kappa shape index (κ2) is 7.49. The largest absolute Gasteiger partial charge is 0.483 e. The van der Waals surface area contributed by atoms with Crippen LogP contribution in [0.5, 0.6) is 5.75 Å². The maximum Gasteiger partial charge on any atom is 0.262 e. The monoisotopic (exact) mass is 351 g/mol. The lowest BCUT2D eigenvalue weighted by atomic mass is 10.1. The molecule has 0 radical (unpaired) electrons. The number of rotatable bonds is 5. The number of carbonyl (C=O) groups excluding carboxylic acids is 2. The lowest BCUT2D eigenvalue weighted by Gasteiger charge is -2.12. The van der Waals surface area contributed by atoms with E-state index in [1.807, 2.05) is 6.92 Å². The molecule has 4 nitrogen and oxygen atoms in total. The van der Waals surface area contributed by atoms with Gasteiger partial charge < -0.3 is 10.1 Å². The Morgan fingerprint density at radius 1 is 1.13 bits per heavy atom. The molecule has 0 aliphatic carbocycles. The minimum absolute atomic E-state index is 0.134. The van der Waals surface area contributed by atoms with E-state index >= 15 is 0 Å². The van der Waals surface area contributed by atoms with Crippen LogP contribution in [0.4, 0.5) is 5.69 Å². The maximum atomic E-state index is 12.0. The molecule has 0 atom stereocenters. The van der Waals surface area contributed by atoms with Gasteiger partial charge in [0.1, 0.15) is 5.75 Å². The highest BCUT2D eigenvalue weighted by molar-refractivity contribution is 6.40. The molecular formula is C17H15Cl2NO3.